The Balaban J connectivity index is 1.93. The van der Waals surface area contributed by atoms with Crippen molar-refractivity contribution in [3.8, 4) is 0 Å². The summed E-state index contributed by atoms with van der Waals surface area (Å²) in [5.41, 5.74) is 0.778. The Morgan fingerprint density at radius 2 is 2.15 bits per heavy atom. The lowest BCUT2D eigenvalue weighted by atomic mass is 10.0. The molecule has 1 atom stereocenters. The van der Waals surface area contributed by atoms with Gasteiger partial charge in [-0.3, -0.25) is 0 Å². The highest BCUT2D eigenvalue weighted by atomic mass is 19.1. The van der Waals surface area contributed by atoms with E-state index in [2.05, 4.69) is 17.1 Å². The van der Waals surface area contributed by atoms with Crippen molar-refractivity contribution in [1.29, 1.82) is 0 Å². The summed E-state index contributed by atoms with van der Waals surface area (Å²) in [5, 5.41) is 3.40. The molecule has 0 radical (unpaired) electrons. The third-order valence-corrected chi connectivity index (χ3v) is 3.78. The minimum Gasteiger partial charge on any atom is -0.380 e. The number of nitrogens with zero attached hydrogens (tertiary/aromatic N) is 1. The molecule has 20 heavy (non-hydrogen) atoms. The van der Waals surface area contributed by atoms with E-state index in [-0.39, 0.29) is 11.9 Å². The number of ether oxygens (including phenoxy) is 1. The number of halogens is 1. The van der Waals surface area contributed by atoms with E-state index in [1.54, 1.807) is 12.1 Å². The number of hydrogen-bond donors (Lipinski definition) is 1. The Labute approximate surface area is 121 Å². The van der Waals surface area contributed by atoms with Gasteiger partial charge in [0.2, 0.25) is 0 Å². The highest BCUT2D eigenvalue weighted by Gasteiger charge is 2.16. The van der Waals surface area contributed by atoms with E-state index in [1.165, 1.54) is 0 Å². The van der Waals surface area contributed by atoms with Gasteiger partial charge in [0.15, 0.2) is 0 Å². The van der Waals surface area contributed by atoms with Gasteiger partial charge in [-0.2, -0.15) is 0 Å². The monoisotopic (exact) mass is 280 g/mol. The summed E-state index contributed by atoms with van der Waals surface area (Å²) in [5.74, 6) is -0.113. The predicted octanol–water partition coefficient (Wildman–Crippen LogP) is 2.59. The van der Waals surface area contributed by atoms with Gasteiger partial charge in [0, 0.05) is 37.8 Å². The smallest absolute Gasteiger partial charge is 0.127 e. The Morgan fingerprint density at radius 3 is 2.95 bits per heavy atom. The van der Waals surface area contributed by atoms with Crippen molar-refractivity contribution in [3.63, 3.8) is 0 Å². The van der Waals surface area contributed by atoms with Crippen LogP contribution in [0.15, 0.2) is 24.3 Å². The molecule has 112 valence electrons. The minimum atomic E-state index is -0.113. The first-order valence-corrected chi connectivity index (χ1v) is 7.59. The third-order valence-electron chi connectivity index (χ3n) is 3.78. The maximum Gasteiger partial charge on any atom is 0.127 e. The Morgan fingerprint density at radius 1 is 1.30 bits per heavy atom. The van der Waals surface area contributed by atoms with Crippen molar-refractivity contribution >= 4 is 0 Å². The van der Waals surface area contributed by atoms with Crippen LogP contribution in [0.2, 0.25) is 0 Å². The zero-order chi connectivity index (χ0) is 14.2. The second-order valence-corrected chi connectivity index (χ2v) is 5.23. The first-order valence-electron chi connectivity index (χ1n) is 7.59. The second kappa shape index (κ2) is 8.35. The van der Waals surface area contributed by atoms with Crippen molar-refractivity contribution in [3.05, 3.63) is 35.6 Å². The Bertz CT molecular complexity index is 392. The van der Waals surface area contributed by atoms with Crippen LogP contribution in [0.5, 0.6) is 0 Å². The van der Waals surface area contributed by atoms with E-state index in [0.717, 1.165) is 57.8 Å². The number of benzene rings is 1. The van der Waals surface area contributed by atoms with Gasteiger partial charge >= 0.3 is 0 Å². The summed E-state index contributed by atoms with van der Waals surface area (Å²) < 4.78 is 19.4. The second-order valence-electron chi connectivity index (χ2n) is 5.23. The van der Waals surface area contributed by atoms with Crippen LogP contribution in [0.25, 0.3) is 0 Å². The van der Waals surface area contributed by atoms with Crippen molar-refractivity contribution in [2.24, 2.45) is 0 Å². The van der Waals surface area contributed by atoms with Crippen LogP contribution >= 0.6 is 0 Å². The molecule has 1 fully saturated rings. The van der Waals surface area contributed by atoms with Crippen LogP contribution in [0.1, 0.15) is 31.4 Å². The summed E-state index contributed by atoms with van der Waals surface area (Å²) in [7, 11) is 0. The fourth-order valence-electron chi connectivity index (χ4n) is 2.70. The summed E-state index contributed by atoms with van der Waals surface area (Å²) >= 11 is 0. The van der Waals surface area contributed by atoms with Gasteiger partial charge < -0.3 is 15.0 Å². The third kappa shape index (κ3) is 4.54. The van der Waals surface area contributed by atoms with E-state index < -0.39 is 0 Å². The lowest BCUT2D eigenvalue weighted by Gasteiger charge is -2.24. The standard InChI is InChI=1S/C16H25FN2O/c1-2-18-16(14-6-3-4-7-15(14)17)8-10-19-9-5-12-20-13-11-19/h3-4,6-7,16,18H,2,5,8-13H2,1H3. The van der Waals surface area contributed by atoms with Gasteiger partial charge in [-0.1, -0.05) is 25.1 Å². The molecule has 1 N–H and O–H groups in total. The van der Waals surface area contributed by atoms with Crippen LogP contribution < -0.4 is 5.32 Å². The van der Waals surface area contributed by atoms with E-state index >= 15 is 0 Å². The van der Waals surface area contributed by atoms with Crippen LogP contribution in [-0.2, 0) is 4.74 Å². The lowest BCUT2D eigenvalue weighted by molar-refractivity contribution is 0.140. The lowest BCUT2D eigenvalue weighted by Crippen LogP contribution is -2.31. The topological polar surface area (TPSA) is 24.5 Å². The van der Waals surface area contributed by atoms with Crippen molar-refractivity contribution < 1.29 is 9.13 Å². The average Bonchev–Trinajstić information content (AvgIpc) is 2.73. The molecule has 0 amide bonds. The molecule has 1 aromatic carbocycles. The van der Waals surface area contributed by atoms with E-state index in [9.17, 15) is 4.39 Å². The molecule has 1 aliphatic rings. The van der Waals surface area contributed by atoms with Crippen LogP contribution in [0.4, 0.5) is 4.39 Å². The molecule has 0 saturated carbocycles. The van der Waals surface area contributed by atoms with Gasteiger partial charge in [0.1, 0.15) is 5.82 Å². The van der Waals surface area contributed by atoms with E-state index in [0.29, 0.717) is 0 Å². The van der Waals surface area contributed by atoms with Crippen LogP contribution in [0, 0.1) is 5.82 Å². The molecule has 0 aromatic heterocycles. The molecule has 1 aliphatic heterocycles. The summed E-state index contributed by atoms with van der Waals surface area (Å²) in [6.07, 6.45) is 2.01. The molecule has 3 nitrogen and oxygen atoms in total. The highest BCUT2D eigenvalue weighted by Crippen LogP contribution is 2.20. The molecule has 1 aromatic rings. The summed E-state index contributed by atoms with van der Waals surface area (Å²) in [4.78, 5) is 2.41. The molecule has 0 aliphatic carbocycles. The summed E-state index contributed by atoms with van der Waals surface area (Å²) in [6.45, 7) is 7.63. The Hall–Kier alpha value is -0.970. The molecule has 4 heteroatoms. The zero-order valence-corrected chi connectivity index (χ0v) is 12.3. The molecule has 1 saturated heterocycles. The molecule has 2 rings (SSSR count). The van der Waals surface area contributed by atoms with Crippen LogP contribution in [0.3, 0.4) is 0 Å². The average molecular weight is 280 g/mol. The first kappa shape index (κ1) is 15.4. The fraction of sp³-hybridized carbons (Fsp3) is 0.625. The van der Waals surface area contributed by atoms with Crippen molar-refractivity contribution in [1.82, 2.24) is 10.2 Å². The first-order chi connectivity index (χ1) is 9.81. The predicted molar refractivity (Wildman–Crippen MR) is 79.3 cm³/mol. The molecule has 1 unspecified atom stereocenters. The number of rotatable bonds is 6. The highest BCUT2D eigenvalue weighted by molar-refractivity contribution is 5.21. The van der Waals surface area contributed by atoms with Crippen molar-refractivity contribution in [2.75, 3.05) is 39.4 Å². The quantitative estimate of drug-likeness (QED) is 0.867. The number of nitrogens with one attached hydrogen (secondary N) is 1. The minimum absolute atomic E-state index is 0.0883. The van der Waals surface area contributed by atoms with Gasteiger partial charge in [-0.15, -0.1) is 0 Å². The maximum atomic E-state index is 13.9. The van der Waals surface area contributed by atoms with Gasteiger partial charge in [0.25, 0.3) is 0 Å². The molecule has 0 bridgehead atoms. The van der Waals surface area contributed by atoms with Gasteiger partial charge in [-0.05, 0) is 25.5 Å². The van der Waals surface area contributed by atoms with Gasteiger partial charge in [-0.25, -0.2) is 4.39 Å². The Kier molecular flexibility index (Phi) is 6.43. The molecular formula is C16H25FN2O. The van der Waals surface area contributed by atoms with Crippen LogP contribution in [-0.4, -0.2) is 44.3 Å². The van der Waals surface area contributed by atoms with Crippen molar-refractivity contribution in [2.45, 2.75) is 25.8 Å². The maximum absolute atomic E-state index is 13.9. The van der Waals surface area contributed by atoms with E-state index in [1.807, 2.05) is 12.1 Å². The molecule has 0 spiro atoms. The SMILES string of the molecule is CCNC(CCN1CCCOCC1)c1ccccc1F. The molecular weight excluding hydrogens is 255 g/mol. The largest absolute Gasteiger partial charge is 0.380 e. The zero-order valence-electron chi connectivity index (χ0n) is 12.3. The number of hydrogen-bond acceptors (Lipinski definition) is 3. The summed E-state index contributed by atoms with van der Waals surface area (Å²) in [6, 6.07) is 7.16. The van der Waals surface area contributed by atoms with E-state index in [4.69, 9.17) is 4.74 Å². The molecule has 1 heterocycles. The van der Waals surface area contributed by atoms with Gasteiger partial charge in [0.05, 0.1) is 6.61 Å². The fourth-order valence-corrected chi connectivity index (χ4v) is 2.70. The normalized spacial score (nSPS) is 18.7.